The molecule has 0 N–H and O–H groups in total. The monoisotopic (exact) mass is 413 g/mol. The lowest BCUT2D eigenvalue weighted by Gasteiger charge is -2.38. The molecular weight excluding hydrogens is 386 g/mol. The molecule has 0 saturated carbocycles. The number of pyridine rings is 1. The second-order valence-electron chi connectivity index (χ2n) is 7.89. The average Bonchev–Trinajstić information content (AvgIpc) is 3.15. The van der Waals surface area contributed by atoms with Crippen molar-refractivity contribution < 1.29 is 9.59 Å². The molecule has 8 heteroatoms. The summed E-state index contributed by atoms with van der Waals surface area (Å²) in [6, 6.07) is 3.82. The number of hydrogen-bond acceptors (Lipinski definition) is 6. The van der Waals surface area contributed by atoms with E-state index < -0.39 is 0 Å². The van der Waals surface area contributed by atoms with E-state index in [0.717, 1.165) is 55.3 Å². The van der Waals surface area contributed by atoms with E-state index >= 15 is 0 Å². The minimum atomic E-state index is -0.0953. The summed E-state index contributed by atoms with van der Waals surface area (Å²) in [5.74, 6) is 0.0980. The van der Waals surface area contributed by atoms with Gasteiger partial charge in [0.25, 0.3) is 5.91 Å². The Kier molecular flexibility index (Phi) is 5.91. The van der Waals surface area contributed by atoms with E-state index in [4.69, 9.17) is 0 Å². The summed E-state index contributed by atoms with van der Waals surface area (Å²) in [4.78, 5) is 41.6. The molecule has 2 aromatic heterocycles. The van der Waals surface area contributed by atoms with Crippen molar-refractivity contribution >= 4 is 23.2 Å². The van der Waals surface area contributed by atoms with Crippen molar-refractivity contribution in [3.8, 4) is 10.6 Å². The van der Waals surface area contributed by atoms with Gasteiger partial charge in [0.2, 0.25) is 5.91 Å². The molecule has 1 unspecified atom stereocenters. The first-order valence-electron chi connectivity index (χ1n) is 10.2. The van der Waals surface area contributed by atoms with Crippen LogP contribution >= 0.6 is 11.3 Å². The smallest absolute Gasteiger partial charge is 0.265 e. The number of piperazine rings is 1. The van der Waals surface area contributed by atoms with Crippen LogP contribution in [0.2, 0.25) is 0 Å². The SMILES string of the molecule is Cc1nc(-c2cccnc2)sc1C(=O)N1CCCC(C(=O)N2CCN(C)CC2)C1. The molecule has 2 aliphatic heterocycles. The maximum atomic E-state index is 13.2. The van der Waals surface area contributed by atoms with E-state index in [0.29, 0.717) is 18.0 Å². The minimum Gasteiger partial charge on any atom is -0.340 e. The highest BCUT2D eigenvalue weighted by atomic mass is 32.1. The molecule has 0 spiro atoms. The highest BCUT2D eigenvalue weighted by Gasteiger charge is 2.33. The number of carbonyl (C=O) groups excluding carboxylic acids is 2. The van der Waals surface area contributed by atoms with Gasteiger partial charge in [0, 0.05) is 57.2 Å². The van der Waals surface area contributed by atoms with Gasteiger partial charge in [-0.25, -0.2) is 4.98 Å². The van der Waals surface area contributed by atoms with E-state index in [2.05, 4.69) is 21.9 Å². The predicted molar refractivity (Wildman–Crippen MR) is 113 cm³/mol. The molecule has 2 fully saturated rings. The standard InChI is InChI=1S/C21H27N5O2S/c1-15-18(29-19(23-15)16-5-3-7-22-13-16)21(28)26-8-4-6-17(14-26)20(27)25-11-9-24(2)10-12-25/h3,5,7,13,17H,4,6,8-12,14H2,1-2H3. The number of amides is 2. The van der Waals surface area contributed by atoms with Crippen LogP contribution in [0.25, 0.3) is 10.6 Å². The average molecular weight is 414 g/mol. The Morgan fingerprint density at radius 1 is 1.14 bits per heavy atom. The van der Waals surface area contributed by atoms with Crippen LogP contribution in [0.5, 0.6) is 0 Å². The summed E-state index contributed by atoms with van der Waals surface area (Å²) in [5, 5.41) is 0.807. The van der Waals surface area contributed by atoms with Gasteiger partial charge in [-0.3, -0.25) is 14.6 Å². The molecule has 0 bridgehead atoms. The number of hydrogen-bond donors (Lipinski definition) is 0. The van der Waals surface area contributed by atoms with Gasteiger partial charge in [-0.15, -0.1) is 11.3 Å². The number of likely N-dealkylation sites (tertiary alicyclic amines) is 1. The van der Waals surface area contributed by atoms with Gasteiger partial charge >= 0.3 is 0 Å². The summed E-state index contributed by atoms with van der Waals surface area (Å²) in [7, 11) is 2.08. The summed E-state index contributed by atoms with van der Waals surface area (Å²) in [6.45, 7) is 6.47. The van der Waals surface area contributed by atoms with Crippen LogP contribution < -0.4 is 0 Å². The van der Waals surface area contributed by atoms with Crippen molar-refractivity contribution in [3.05, 3.63) is 35.1 Å². The van der Waals surface area contributed by atoms with E-state index in [1.54, 1.807) is 12.4 Å². The third-order valence-corrected chi connectivity index (χ3v) is 6.97. The molecular formula is C21H27N5O2S. The lowest BCUT2D eigenvalue weighted by Crippen LogP contribution is -2.52. The Morgan fingerprint density at radius 3 is 2.66 bits per heavy atom. The maximum Gasteiger partial charge on any atom is 0.265 e. The Hall–Kier alpha value is -2.32. The molecule has 7 nitrogen and oxygen atoms in total. The molecule has 2 saturated heterocycles. The van der Waals surface area contributed by atoms with E-state index in [-0.39, 0.29) is 17.7 Å². The van der Waals surface area contributed by atoms with Gasteiger partial charge in [-0.05, 0) is 38.9 Å². The Morgan fingerprint density at radius 2 is 1.93 bits per heavy atom. The fraction of sp³-hybridized carbons (Fsp3) is 0.524. The molecule has 4 heterocycles. The zero-order valence-corrected chi connectivity index (χ0v) is 17.8. The van der Waals surface area contributed by atoms with Crippen LogP contribution in [-0.2, 0) is 4.79 Å². The number of likely N-dealkylation sites (N-methyl/N-ethyl adjacent to an activating group) is 1. The van der Waals surface area contributed by atoms with Crippen molar-refractivity contribution in [2.75, 3.05) is 46.3 Å². The summed E-state index contributed by atoms with van der Waals surface area (Å²) in [6.07, 6.45) is 5.21. The molecule has 2 amide bonds. The third-order valence-electron chi connectivity index (χ3n) is 5.77. The summed E-state index contributed by atoms with van der Waals surface area (Å²) >= 11 is 1.41. The fourth-order valence-electron chi connectivity index (χ4n) is 4.00. The van der Waals surface area contributed by atoms with Crippen LogP contribution in [0.3, 0.4) is 0 Å². The van der Waals surface area contributed by atoms with Gasteiger partial charge in [0.15, 0.2) is 0 Å². The predicted octanol–water partition coefficient (Wildman–Crippen LogP) is 2.14. The highest BCUT2D eigenvalue weighted by molar-refractivity contribution is 7.17. The lowest BCUT2D eigenvalue weighted by molar-refractivity contribution is -0.138. The number of aromatic nitrogens is 2. The first kappa shape index (κ1) is 20.0. The molecule has 0 aliphatic carbocycles. The number of rotatable bonds is 3. The van der Waals surface area contributed by atoms with E-state index in [9.17, 15) is 9.59 Å². The quantitative estimate of drug-likeness (QED) is 0.771. The zero-order chi connectivity index (χ0) is 20.4. The number of piperidine rings is 1. The van der Waals surface area contributed by atoms with Crippen molar-refractivity contribution in [2.24, 2.45) is 5.92 Å². The van der Waals surface area contributed by atoms with Gasteiger partial charge < -0.3 is 14.7 Å². The van der Waals surface area contributed by atoms with Crippen LogP contribution in [0.1, 0.15) is 28.2 Å². The number of aryl methyl sites for hydroxylation is 1. The van der Waals surface area contributed by atoms with Crippen LogP contribution in [0.15, 0.2) is 24.5 Å². The molecule has 4 rings (SSSR count). The van der Waals surface area contributed by atoms with Gasteiger partial charge in [0.05, 0.1) is 11.6 Å². The zero-order valence-electron chi connectivity index (χ0n) is 17.0. The van der Waals surface area contributed by atoms with Crippen LogP contribution in [0.4, 0.5) is 0 Å². The maximum absolute atomic E-state index is 13.2. The Bertz CT molecular complexity index is 876. The molecule has 0 aromatic carbocycles. The Balaban J connectivity index is 1.45. The second kappa shape index (κ2) is 8.59. The summed E-state index contributed by atoms with van der Waals surface area (Å²) in [5.41, 5.74) is 1.66. The second-order valence-corrected chi connectivity index (χ2v) is 8.89. The fourth-order valence-corrected chi connectivity index (χ4v) is 5.02. The van der Waals surface area contributed by atoms with Crippen molar-refractivity contribution in [1.82, 2.24) is 24.7 Å². The molecule has 29 heavy (non-hydrogen) atoms. The normalized spacial score (nSPS) is 20.7. The van der Waals surface area contributed by atoms with Crippen LogP contribution in [0, 0.1) is 12.8 Å². The first-order chi connectivity index (χ1) is 14.0. The Labute approximate surface area is 175 Å². The van der Waals surface area contributed by atoms with Crippen molar-refractivity contribution in [2.45, 2.75) is 19.8 Å². The van der Waals surface area contributed by atoms with E-state index in [1.165, 1.54) is 11.3 Å². The van der Waals surface area contributed by atoms with Crippen LogP contribution in [-0.4, -0.2) is 82.8 Å². The topological polar surface area (TPSA) is 69.6 Å². The number of thiazole rings is 1. The van der Waals surface area contributed by atoms with Gasteiger partial charge in [-0.2, -0.15) is 0 Å². The number of carbonyl (C=O) groups is 2. The highest BCUT2D eigenvalue weighted by Crippen LogP contribution is 2.30. The number of nitrogens with zero attached hydrogens (tertiary/aromatic N) is 5. The molecule has 0 radical (unpaired) electrons. The summed E-state index contributed by atoms with van der Waals surface area (Å²) < 4.78 is 0. The largest absolute Gasteiger partial charge is 0.340 e. The van der Waals surface area contributed by atoms with Gasteiger partial charge in [0.1, 0.15) is 9.88 Å². The molecule has 1 atom stereocenters. The first-order valence-corrected chi connectivity index (χ1v) is 11.0. The lowest BCUT2D eigenvalue weighted by atomic mass is 9.96. The minimum absolute atomic E-state index is 0.00832. The molecule has 2 aromatic rings. The van der Waals surface area contributed by atoms with Crippen molar-refractivity contribution in [1.29, 1.82) is 0 Å². The molecule has 2 aliphatic rings. The molecule has 154 valence electrons. The van der Waals surface area contributed by atoms with Gasteiger partial charge in [-0.1, -0.05) is 0 Å². The third kappa shape index (κ3) is 4.33. The van der Waals surface area contributed by atoms with Crippen molar-refractivity contribution in [3.63, 3.8) is 0 Å². The van der Waals surface area contributed by atoms with E-state index in [1.807, 2.05) is 28.9 Å².